The van der Waals surface area contributed by atoms with Gasteiger partial charge in [0.05, 0.1) is 12.2 Å². The number of carbonyl (C=O) groups excluding carboxylic acids is 1. The van der Waals surface area contributed by atoms with Crippen molar-refractivity contribution < 1.29 is 13.2 Å². The number of nitrogens with one attached hydrogen (secondary N) is 1. The Bertz CT molecular complexity index is 884. The van der Waals surface area contributed by atoms with Crippen molar-refractivity contribution in [2.75, 3.05) is 24.7 Å². The molecule has 7 heteroatoms. The van der Waals surface area contributed by atoms with Crippen LogP contribution in [0.2, 0.25) is 0 Å². The monoisotopic (exact) mass is 373 g/mol. The van der Waals surface area contributed by atoms with E-state index in [0.29, 0.717) is 6.54 Å². The zero-order valence-electron chi connectivity index (χ0n) is 14.9. The summed E-state index contributed by atoms with van der Waals surface area (Å²) in [6.07, 6.45) is 5.40. The number of carbonyl (C=O) groups is 1. The predicted octanol–water partition coefficient (Wildman–Crippen LogP) is 2.26. The topological polar surface area (TPSA) is 79.4 Å². The van der Waals surface area contributed by atoms with E-state index in [1.807, 2.05) is 36.4 Å². The van der Waals surface area contributed by atoms with Crippen molar-refractivity contribution in [3.63, 3.8) is 0 Å². The highest BCUT2D eigenvalue weighted by Crippen LogP contribution is 2.34. The standard InChI is InChI=1S/C19H23N3O3S/c1-3-14-5-4-6-16(11-14)21-19(23)18-13-22(26(2,24)25)12-17(18)15-7-9-20-10-8-15/h4-11,17-18H,3,12-13H2,1-2H3,(H,21,23)/t17-,18+/m0/s1. The largest absolute Gasteiger partial charge is 0.326 e. The molecule has 1 fully saturated rings. The van der Waals surface area contributed by atoms with Gasteiger partial charge in [0.1, 0.15) is 0 Å². The van der Waals surface area contributed by atoms with Gasteiger partial charge in [-0.05, 0) is 41.8 Å². The van der Waals surface area contributed by atoms with Crippen molar-refractivity contribution in [1.29, 1.82) is 0 Å². The number of aryl methyl sites for hydroxylation is 1. The van der Waals surface area contributed by atoms with E-state index in [2.05, 4.69) is 17.2 Å². The maximum absolute atomic E-state index is 12.9. The fourth-order valence-corrected chi connectivity index (χ4v) is 4.22. The van der Waals surface area contributed by atoms with E-state index in [4.69, 9.17) is 0 Å². The van der Waals surface area contributed by atoms with Crippen LogP contribution < -0.4 is 5.32 Å². The van der Waals surface area contributed by atoms with Crippen LogP contribution in [0.3, 0.4) is 0 Å². The third kappa shape index (κ3) is 4.11. The van der Waals surface area contributed by atoms with E-state index in [9.17, 15) is 13.2 Å². The Hall–Kier alpha value is -2.25. The minimum absolute atomic E-state index is 0.161. The van der Waals surface area contributed by atoms with Crippen LogP contribution in [-0.2, 0) is 21.2 Å². The molecule has 0 radical (unpaired) electrons. The molecule has 3 rings (SSSR count). The number of sulfonamides is 1. The van der Waals surface area contributed by atoms with Crippen LogP contribution in [0.4, 0.5) is 5.69 Å². The summed E-state index contributed by atoms with van der Waals surface area (Å²) >= 11 is 0. The average Bonchev–Trinajstić information content (AvgIpc) is 3.08. The van der Waals surface area contributed by atoms with Gasteiger partial charge in [0.2, 0.25) is 15.9 Å². The number of pyridine rings is 1. The summed E-state index contributed by atoms with van der Waals surface area (Å²) in [5, 5.41) is 2.95. The smallest absolute Gasteiger partial charge is 0.229 e. The summed E-state index contributed by atoms with van der Waals surface area (Å²) < 4.78 is 25.4. The van der Waals surface area contributed by atoms with E-state index in [1.54, 1.807) is 12.4 Å². The third-order valence-electron chi connectivity index (χ3n) is 4.83. The molecule has 0 unspecified atom stereocenters. The summed E-state index contributed by atoms with van der Waals surface area (Å²) in [6.45, 7) is 2.54. The zero-order valence-corrected chi connectivity index (χ0v) is 15.7. The summed E-state index contributed by atoms with van der Waals surface area (Å²) in [7, 11) is -3.36. The molecule has 1 N–H and O–H groups in total. The second kappa shape index (κ2) is 7.55. The Morgan fingerprint density at radius 1 is 1.23 bits per heavy atom. The van der Waals surface area contributed by atoms with Crippen molar-refractivity contribution in [2.24, 2.45) is 5.92 Å². The Labute approximate surface area is 154 Å². The highest BCUT2D eigenvalue weighted by molar-refractivity contribution is 7.88. The number of amides is 1. The van der Waals surface area contributed by atoms with Gasteiger partial charge in [-0.1, -0.05) is 19.1 Å². The van der Waals surface area contributed by atoms with Crippen molar-refractivity contribution in [2.45, 2.75) is 19.3 Å². The first-order chi connectivity index (χ1) is 12.4. The lowest BCUT2D eigenvalue weighted by Crippen LogP contribution is -2.31. The van der Waals surface area contributed by atoms with E-state index >= 15 is 0 Å². The molecule has 6 nitrogen and oxygen atoms in total. The maximum Gasteiger partial charge on any atom is 0.229 e. The molecule has 0 aliphatic carbocycles. The number of hydrogen-bond acceptors (Lipinski definition) is 4. The molecule has 2 heterocycles. The minimum atomic E-state index is -3.36. The summed E-state index contributed by atoms with van der Waals surface area (Å²) in [4.78, 5) is 16.9. The van der Waals surface area contributed by atoms with Crippen LogP contribution in [0.15, 0.2) is 48.8 Å². The average molecular weight is 373 g/mol. The number of nitrogens with zero attached hydrogens (tertiary/aromatic N) is 2. The first-order valence-corrected chi connectivity index (χ1v) is 10.5. The van der Waals surface area contributed by atoms with Gasteiger partial charge in [-0.2, -0.15) is 0 Å². The van der Waals surface area contributed by atoms with Crippen LogP contribution in [0.1, 0.15) is 24.0 Å². The molecule has 0 bridgehead atoms. The van der Waals surface area contributed by atoms with Gasteiger partial charge < -0.3 is 5.32 Å². The molecule has 0 saturated carbocycles. The van der Waals surface area contributed by atoms with Gasteiger partial charge in [-0.3, -0.25) is 9.78 Å². The number of benzene rings is 1. The molecule has 2 atom stereocenters. The van der Waals surface area contributed by atoms with Crippen LogP contribution in [0.25, 0.3) is 0 Å². The van der Waals surface area contributed by atoms with E-state index in [0.717, 1.165) is 23.2 Å². The molecule has 138 valence electrons. The molecule has 1 saturated heterocycles. The number of hydrogen-bond donors (Lipinski definition) is 1. The van der Waals surface area contributed by atoms with Gasteiger partial charge in [-0.15, -0.1) is 0 Å². The number of anilines is 1. The highest BCUT2D eigenvalue weighted by atomic mass is 32.2. The third-order valence-corrected chi connectivity index (χ3v) is 6.07. The Balaban J connectivity index is 1.85. The molecule has 1 aliphatic heterocycles. The van der Waals surface area contributed by atoms with Gasteiger partial charge in [0.15, 0.2) is 0 Å². The fraction of sp³-hybridized carbons (Fsp3) is 0.368. The predicted molar refractivity (Wildman–Crippen MR) is 101 cm³/mol. The van der Waals surface area contributed by atoms with E-state index in [1.165, 1.54) is 10.6 Å². The Kier molecular flexibility index (Phi) is 5.38. The van der Waals surface area contributed by atoms with Crippen molar-refractivity contribution >= 4 is 21.6 Å². The van der Waals surface area contributed by atoms with Crippen molar-refractivity contribution in [1.82, 2.24) is 9.29 Å². The lowest BCUT2D eigenvalue weighted by Gasteiger charge is -2.18. The Morgan fingerprint density at radius 3 is 2.62 bits per heavy atom. The minimum Gasteiger partial charge on any atom is -0.326 e. The second-order valence-electron chi connectivity index (χ2n) is 6.62. The van der Waals surface area contributed by atoms with Gasteiger partial charge in [0, 0.05) is 37.1 Å². The molecule has 1 amide bonds. The van der Waals surface area contributed by atoms with Crippen LogP contribution >= 0.6 is 0 Å². The van der Waals surface area contributed by atoms with Crippen molar-refractivity contribution in [3.05, 3.63) is 59.9 Å². The molecule has 26 heavy (non-hydrogen) atoms. The molecular formula is C19H23N3O3S. The molecule has 1 aromatic carbocycles. The number of rotatable bonds is 5. The summed E-state index contributed by atoms with van der Waals surface area (Å²) in [5.41, 5.74) is 2.80. The lowest BCUT2D eigenvalue weighted by atomic mass is 9.89. The van der Waals surface area contributed by atoms with Gasteiger partial charge in [0.25, 0.3) is 0 Å². The zero-order chi connectivity index (χ0) is 18.7. The van der Waals surface area contributed by atoms with E-state index < -0.39 is 15.9 Å². The fourth-order valence-electron chi connectivity index (χ4n) is 3.36. The molecule has 1 aliphatic rings. The summed E-state index contributed by atoms with van der Waals surface area (Å²) in [5.74, 6) is -0.800. The normalized spacial score (nSPS) is 20.8. The second-order valence-corrected chi connectivity index (χ2v) is 8.60. The quantitative estimate of drug-likeness (QED) is 0.872. The number of aromatic nitrogens is 1. The van der Waals surface area contributed by atoms with Crippen LogP contribution in [0, 0.1) is 5.92 Å². The molecule has 2 aromatic rings. The Morgan fingerprint density at radius 2 is 1.96 bits per heavy atom. The van der Waals surface area contributed by atoms with E-state index in [-0.39, 0.29) is 18.4 Å². The van der Waals surface area contributed by atoms with Crippen molar-refractivity contribution in [3.8, 4) is 0 Å². The van der Waals surface area contributed by atoms with Crippen LogP contribution in [-0.4, -0.2) is 43.0 Å². The molecule has 0 spiro atoms. The SMILES string of the molecule is CCc1cccc(NC(=O)[C@@H]2CN(S(C)(=O)=O)C[C@H]2c2ccncc2)c1. The molecular weight excluding hydrogens is 350 g/mol. The molecule has 1 aromatic heterocycles. The first-order valence-electron chi connectivity index (χ1n) is 8.63. The van der Waals surface area contributed by atoms with Gasteiger partial charge >= 0.3 is 0 Å². The maximum atomic E-state index is 12.9. The first kappa shape index (κ1) is 18.5. The summed E-state index contributed by atoms with van der Waals surface area (Å²) in [6, 6.07) is 11.4. The van der Waals surface area contributed by atoms with Crippen LogP contribution in [0.5, 0.6) is 0 Å². The lowest BCUT2D eigenvalue weighted by molar-refractivity contribution is -0.119. The highest BCUT2D eigenvalue weighted by Gasteiger charge is 2.41. The van der Waals surface area contributed by atoms with Gasteiger partial charge in [-0.25, -0.2) is 12.7 Å².